The molecule has 21 heavy (non-hydrogen) atoms. The third kappa shape index (κ3) is 6.36. The summed E-state index contributed by atoms with van der Waals surface area (Å²) in [5.41, 5.74) is 0.371. The standard InChI is InChI=1S/C11H15N3O5S2/c1-3-4-14(6-10(16)17)9(15)5-8-7-20-11(12-8)13-21(2,18)19/h3,7H,1,4-6H2,2H3,(H,12,13)(H,16,17). The van der Waals surface area contributed by atoms with Gasteiger partial charge in [0.15, 0.2) is 5.13 Å². The lowest BCUT2D eigenvalue weighted by molar-refractivity contribution is -0.143. The van der Waals surface area contributed by atoms with Crippen molar-refractivity contribution in [2.24, 2.45) is 0 Å². The van der Waals surface area contributed by atoms with Gasteiger partial charge in [-0.05, 0) is 0 Å². The van der Waals surface area contributed by atoms with E-state index in [4.69, 9.17) is 5.11 Å². The maximum absolute atomic E-state index is 12.0. The fourth-order valence-electron chi connectivity index (χ4n) is 1.43. The van der Waals surface area contributed by atoms with Gasteiger partial charge in [0.25, 0.3) is 0 Å². The molecule has 1 rings (SSSR count). The van der Waals surface area contributed by atoms with E-state index in [2.05, 4.69) is 16.3 Å². The maximum Gasteiger partial charge on any atom is 0.323 e. The topological polar surface area (TPSA) is 117 Å². The predicted octanol–water partition coefficient (Wildman–Crippen LogP) is 0.156. The number of rotatable bonds is 8. The molecular weight excluding hydrogens is 318 g/mol. The summed E-state index contributed by atoms with van der Waals surface area (Å²) in [5, 5.41) is 10.4. The minimum Gasteiger partial charge on any atom is -0.480 e. The Morgan fingerprint density at radius 3 is 2.76 bits per heavy atom. The number of sulfonamides is 1. The summed E-state index contributed by atoms with van der Waals surface area (Å²) >= 11 is 1.05. The number of thiazole rings is 1. The van der Waals surface area contributed by atoms with E-state index in [-0.39, 0.29) is 18.1 Å². The number of nitrogens with zero attached hydrogens (tertiary/aromatic N) is 2. The Kier molecular flexibility index (Phi) is 5.85. The van der Waals surface area contributed by atoms with Gasteiger partial charge in [-0.25, -0.2) is 13.4 Å². The predicted molar refractivity (Wildman–Crippen MR) is 78.7 cm³/mol. The molecule has 0 aliphatic rings. The molecule has 0 radical (unpaired) electrons. The minimum atomic E-state index is -3.42. The van der Waals surface area contributed by atoms with Crippen molar-refractivity contribution in [3.8, 4) is 0 Å². The van der Waals surface area contributed by atoms with Crippen molar-refractivity contribution < 1.29 is 23.1 Å². The molecule has 1 amide bonds. The van der Waals surface area contributed by atoms with Crippen molar-refractivity contribution >= 4 is 38.4 Å². The molecule has 10 heteroatoms. The number of aliphatic carboxylic acids is 1. The molecule has 0 spiro atoms. The molecule has 116 valence electrons. The summed E-state index contributed by atoms with van der Waals surface area (Å²) in [6.07, 6.45) is 2.32. The maximum atomic E-state index is 12.0. The van der Waals surface area contributed by atoms with Crippen LogP contribution in [0.15, 0.2) is 18.0 Å². The molecule has 0 atom stereocenters. The van der Waals surface area contributed by atoms with Gasteiger partial charge in [-0.1, -0.05) is 6.08 Å². The fourth-order valence-corrected chi connectivity index (χ4v) is 3.00. The zero-order chi connectivity index (χ0) is 16.0. The third-order valence-electron chi connectivity index (χ3n) is 2.19. The Hall–Kier alpha value is -1.94. The highest BCUT2D eigenvalue weighted by molar-refractivity contribution is 7.92. The number of hydrogen-bond acceptors (Lipinski definition) is 6. The highest BCUT2D eigenvalue weighted by atomic mass is 32.2. The highest BCUT2D eigenvalue weighted by Crippen LogP contribution is 2.17. The van der Waals surface area contributed by atoms with Crippen LogP contribution in [0.5, 0.6) is 0 Å². The molecule has 0 aliphatic carbocycles. The molecule has 0 unspecified atom stereocenters. The second-order valence-corrected chi connectivity index (χ2v) is 6.76. The lowest BCUT2D eigenvalue weighted by Crippen LogP contribution is -2.36. The Balaban J connectivity index is 2.72. The van der Waals surface area contributed by atoms with Gasteiger partial charge in [0.2, 0.25) is 15.9 Å². The van der Waals surface area contributed by atoms with Gasteiger partial charge in [0.05, 0.1) is 18.4 Å². The van der Waals surface area contributed by atoms with Crippen LogP contribution in [0.1, 0.15) is 5.69 Å². The molecule has 1 aromatic rings. The van der Waals surface area contributed by atoms with Crippen LogP contribution >= 0.6 is 11.3 Å². The smallest absolute Gasteiger partial charge is 0.323 e. The van der Waals surface area contributed by atoms with E-state index >= 15 is 0 Å². The molecular formula is C11H15N3O5S2. The Labute approximate surface area is 126 Å². The first-order chi connectivity index (χ1) is 9.71. The van der Waals surface area contributed by atoms with Crippen LogP contribution in [0.25, 0.3) is 0 Å². The van der Waals surface area contributed by atoms with Crippen molar-refractivity contribution in [2.75, 3.05) is 24.1 Å². The average Bonchev–Trinajstić information content (AvgIpc) is 2.72. The average molecular weight is 333 g/mol. The van der Waals surface area contributed by atoms with E-state index in [9.17, 15) is 18.0 Å². The lowest BCUT2D eigenvalue weighted by Gasteiger charge is -2.18. The van der Waals surface area contributed by atoms with E-state index in [0.29, 0.717) is 5.69 Å². The third-order valence-corrected chi connectivity index (χ3v) is 3.68. The van der Waals surface area contributed by atoms with Crippen LogP contribution in [0.2, 0.25) is 0 Å². The van der Waals surface area contributed by atoms with Gasteiger partial charge in [-0.15, -0.1) is 17.9 Å². The van der Waals surface area contributed by atoms with Gasteiger partial charge in [-0.3, -0.25) is 14.3 Å². The quantitative estimate of drug-likeness (QED) is 0.654. The van der Waals surface area contributed by atoms with Crippen molar-refractivity contribution in [3.05, 3.63) is 23.7 Å². The summed E-state index contributed by atoms with van der Waals surface area (Å²) in [4.78, 5) is 27.7. The first-order valence-corrected chi connectivity index (χ1v) is 8.51. The van der Waals surface area contributed by atoms with Gasteiger partial charge in [0, 0.05) is 11.9 Å². The van der Waals surface area contributed by atoms with Crippen molar-refractivity contribution in [3.63, 3.8) is 0 Å². The number of carbonyl (C=O) groups excluding carboxylic acids is 1. The lowest BCUT2D eigenvalue weighted by atomic mass is 10.3. The van der Waals surface area contributed by atoms with Crippen molar-refractivity contribution in [2.45, 2.75) is 6.42 Å². The molecule has 0 saturated carbocycles. The largest absolute Gasteiger partial charge is 0.480 e. The molecule has 8 nitrogen and oxygen atoms in total. The van der Waals surface area contributed by atoms with Crippen LogP contribution in [-0.4, -0.2) is 54.6 Å². The number of hydrogen-bond donors (Lipinski definition) is 2. The summed E-state index contributed by atoms with van der Waals surface area (Å²) < 4.78 is 24.3. The molecule has 0 bridgehead atoms. The number of nitrogens with one attached hydrogen (secondary N) is 1. The zero-order valence-electron chi connectivity index (χ0n) is 11.3. The van der Waals surface area contributed by atoms with Gasteiger partial charge < -0.3 is 10.0 Å². The van der Waals surface area contributed by atoms with Gasteiger partial charge >= 0.3 is 5.97 Å². The number of carbonyl (C=O) groups is 2. The van der Waals surface area contributed by atoms with E-state index < -0.39 is 28.4 Å². The number of aromatic nitrogens is 1. The normalized spacial score (nSPS) is 10.9. The van der Waals surface area contributed by atoms with Crippen LogP contribution in [0, 0.1) is 0 Å². The molecule has 0 aliphatic heterocycles. The minimum absolute atomic E-state index is 0.108. The molecule has 1 heterocycles. The monoisotopic (exact) mass is 333 g/mol. The SMILES string of the molecule is C=CCN(CC(=O)O)C(=O)Cc1csc(NS(C)(=O)=O)n1. The fraction of sp³-hybridized carbons (Fsp3) is 0.364. The first kappa shape index (κ1) is 17.1. The van der Waals surface area contributed by atoms with E-state index in [1.54, 1.807) is 0 Å². The van der Waals surface area contributed by atoms with Crippen molar-refractivity contribution in [1.82, 2.24) is 9.88 Å². The number of carboxylic acid groups (broad SMARTS) is 1. The van der Waals surface area contributed by atoms with Gasteiger partial charge in [-0.2, -0.15) is 0 Å². The van der Waals surface area contributed by atoms with E-state index in [1.165, 1.54) is 11.5 Å². The van der Waals surface area contributed by atoms with Crippen LogP contribution in [0.4, 0.5) is 5.13 Å². The van der Waals surface area contributed by atoms with Gasteiger partial charge in [0.1, 0.15) is 6.54 Å². The van der Waals surface area contributed by atoms with E-state index in [1.807, 2.05) is 0 Å². The van der Waals surface area contributed by atoms with Crippen LogP contribution in [0.3, 0.4) is 0 Å². The molecule has 2 N–H and O–H groups in total. The number of carboxylic acids is 1. The molecule has 0 saturated heterocycles. The Morgan fingerprint density at radius 2 is 2.24 bits per heavy atom. The summed E-state index contributed by atoms with van der Waals surface area (Å²) in [6.45, 7) is 3.15. The number of anilines is 1. The van der Waals surface area contributed by atoms with E-state index in [0.717, 1.165) is 22.5 Å². The Morgan fingerprint density at radius 1 is 1.57 bits per heavy atom. The summed E-state index contributed by atoms with van der Waals surface area (Å²) in [7, 11) is -3.42. The zero-order valence-corrected chi connectivity index (χ0v) is 12.9. The molecule has 1 aromatic heterocycles. The van der Waals surface area contributed by atoms with Crippen molar-refractivity contribution in [1.29, 1.82) is 0 Å². The molecule has 0 fully saturated rings. The van der Waals surface area contributed by atoms with Crippen LogP contribution in [-0.2, 0) is 26.0 Å². The second kappa shape index (κ2) is 7.18. The summed E-state index contributed by atoms with van der Waals surface area (Å²) in [5.74, 6) is -1.54. The Bertz CT molecular complexity index is 638. The second-order valence-electron chi connectivity index (χ2n) is 4.15. The van der Waals surface area contributed by atoms with Crippen LogP contribution < -0.4 is 4.72 Å². The number of amides is 1. The summed E-state index contributed by atoms with van der Waals surface area (Å²) in [6, 6.07) is 0. The first-order valence-electron chi connectivity index (χ1n) is 5.74. The highest BCUT2D eigenvalue weighted by Gasteiger charge is 2.17. The molecule has 0 aromatic carbocycles.